The molecule has 0 aliphatic carbocycles. The summed E-state index contributed by atoms with van der Waals surface area (Å²) in [5, 5.41) is 0. The quantitative estimate of drug-likeness (QED) is 0.842. The summed E-state index contributed by atoms with van der Waals surface area (Å²) in [6.45, 7) is 0.133. The van der Waals surface area contributed by atoms with Crippen molar-refractivity contribution >= 4 is 0 Å². The zero-order valence-corrected chi connectivity index (χ0v) is 9.08. The predicted molar refractivity (Wildman–Crippen MR) is 56.4 cm³/mol. The average molecular weight is 259 g/mol. The van der Waals surface area contributed by atoms with Gasteiger partial charge in [-0.15, -0.1) is 0 Å². The Kier molecular flexibility index (Phi) is 3.08. The van der Waals surface area contributed by atoms with Crippen molar-refractivity contribution in [2.45, 2.75) is 12.7 Å². The zero-order valence-electron chi connectivity index (χ0n) is 9.08. The van der Waals surface area contributed by atoms with Crippen LogP contribution >= 0.6 is 0 Å². The van der Waals surface area contributed by atoms with Gasteiger partial charge in [0.05, 0.1) is 23.3 Å². The molecule has 7 heteroatoms. The van der Waals surface area contributed by atoms with Crippen LogP contribution in [0.4, 0.5) is 17.6 Å². The third kappa shape index (κ3) is 2.35. The van der Waals surface area contributed by atoms with Gasteiger partial charge >= 0.3 is 6.18 Å². The van der Waals surface area contributed by atoms with Crippen LogP contribution in [0.15, 0.2) is 30.7 Å². The molecule has 0 fully saturated rings. The van der Waals surface area contributed by atoms with Crippen LogP contribution in [0.2, 0.25) is 0 Å². The Labute approximate surface area is 99.9 Å². The Hall–Kier alpha value is -1.89. The Balaban J connectivity index is 2.49. The fraction of sp³-hybridized carbons (Fsp3) is 0.182. The first-order valence-electron chi connectivity index (χ1n) is 5.02. The van der Waals surface area contributed by atoms with Gasteiger partial charge < -0.3 is 10.3 Å². The van der Waals surface area contributed by atoms with Gasteiger partial charge in [0.25, 0.3) is 0 Å². The summed E-state index contributed by atoms with van der Waals surface area (Å²) in [7, 11) is 0. The molecule has 2 aromatic rings. The Morgan fingerprint density at radius 1 is 1.28 bits per heavy atom. The van der Waals surface area contributed by atoms with Crippen molar-refractivity contribution in [3.8, 4) is 5.69 Å². The molecule has 1 heterocycles. The van der Waals surface area contributed by atoms with Gasteiger partial charge in [0, 0.05) is 12.7 Å². The third-order valence-corrected chi connectivity index (χ3v) is 2.40. The molecule has 2 N–H and O–H groups in total. The number of hydrogen-bond donors (Lipinski definition) is 1. The van der Waals surface area contributed by atoms with Crippen LogP contribution in [-0.2, 0) is 12.7 Å². The monoisotopic (exact) mass is 259 g/mol. The van der Waals surface area contributed by atoms with Crippen LogP contribution in [0.25, 0.3) is 5.69 Å². The normalized spacial score (nSPS) is 11.8. The zero-order chi connectivity index (χ0) is 13.3. The molecule has 0 aliphatic heterocycles. The lowest BCUT2D eigenvalue weighted by molar-refractivity contribution is -0.137. The molecule has 0 amide bonds. The fourth-order valence-electron chi connectivity index (χ4n) is 1.49. The summed E-state index contributed by atoms with van der Waals surface area (Å²) in [5.74, 6) is -0.760. The second kappa shape index (κ2) is 4.41. The van der Waals surface area contributed by atoms with Crippen molar-refractivity contribution in [3.63, 3.8) is 0 Å². The van der Waals surface area contributed by atoms with Crippen LogP contribution in [0.1, 0.15) is 11.3 Å². The molecule has 0 unspecified atom stereocenters. The maximum atomic E-state index is 13.5. The van der Waals surface area contributed by atoms with E-state index in [2.05, 4.69) is 4.98 Å². The summed E-state index contributed by atoms with van der Waals surface area (Å²) in [6, 6.07) is 2.21. The minimum Gasteiger partial charge on any atom is -0.325 e. The number of hydrogen-bond acceptors (Lipinski definition) is 2. The molecule has 0 radical (unpaired) electrons. The highest BCUT2D eigenvalue weighted by Gasteiger charge is 2.31. The molecule has 0 atom stereocenters. The van der Waals surface area contributed by atoms with Crippen molar-refractivity contribution in [2.75, 3.05) is 0 Å². The van der Waals surface area contributed by atoms with Crippen LogP contribution in [0.3, 0.4) is 0 Å². The molecule has 18 heavy (non-hydrogen) atoms. The maximum absolute atomic E-state index is 13.5. The van der Waals surface area contributed by atoms with Gasteiger partial charge in [-0.25, -0.2) is 9.37 Å². The van der Waals surface area contributed by atoms with Gasteiger partial charge in [0.1, 0.15) is 5.82 Å². The van der Waals surface area contributed by atoms with E-state index >= 15 is 0 Å². The minimum atomic E-state index is -4.51. The molecule has 0 aliphatic rings. The van der Waals surface area contributed by atoms with E-state index in [1.807, 2.05) is 0 Å². The van der Waals surface area contributed by atoms with Crippen molar-refractivity contribution in [2.24, 2.45) is 5.73 Å². The van der Waals surface area contributed by atoms with Crippen molar-refractivity contribution in [1.29, 1.82) is 0 Å². The molecule has 0 bridgehead atoms. The first-order chi connectivity index (χ1) is 8.41. The van der Waals surface area contributed by atoms with E-state index in [9.17, 15) is 17.6 Å². The fourth-order valence-corrected chi connectivity index (χ4v) is 1.49. The summed E-state index contributed by atoms with van der Waals surface area (Å²) in [4.78, 5) is 3.83. The Bertz CT molecular complexity index is 560. The van der Waals surface area contributed by atoms with Gasteiger partial charge in [-0.1, -0.05) is 0 Å². The van der Waals surface area contributed by atoms with Gasteiger partial charge in [0.2, 0.25) is 0 Å². The van der Waals surface area contributed by atoms with Crippen LogP contribution in [0.5, 0.6) is 0 Å². The number of nitrogens with two attached hydrogens (primary N) is 1. The number of aromatic nitrogens is 2. The smallest absolute Gasteiger partial charge is 0.325 e. The highest BCUT2D eigenvalue weighted by molar-refractivity contribution is 5.39. The van der Waals surface area contributed by atoms with Gasteiger partial charge in [-0.2, -0.15) is 13.2 Å². The van der Waals surface area contributed by atoms with E-state index in [0.29, 0.717) is 11.8 Å². The molecular formula is C11H9F4N3. The molecule has 3 nitrogen and oxygen atoms in total. The SMILES string of the molecule is NCc1cn(-c2cc(C(F)(F)F)ccc2F)cn1. The molecule has 0 spiro atoms. The Morgan fingerprint density at radius 3 is 2.56 bits per heavy atom. The number of benzene rings is 1. The van der Waals surface area contributed by atoms with E-state index in [4.69, 9.17) is 5.73 Å². The molecule has 1 aromatic heterocycles. The molecular weight excluding hydrogens is 250 g/mol. The molecule has 1 aromatic carbocycles. The molecule has 0 saturated carbocycles. The van der Waals surface area contributed by atoms with Crippen LogP contribution < -0.4 is 5.73 Å². The summed E-state index contributed by atoms with van der Waals surface area (Å²) in [5.41, 5.74) is 4.67. The third-order valence-electron chi connectivity index (χ3n) is 2.40. The van der Waals surface area contributed by atoms with Crippen molar-refractivity contribution < 1.29 is 17.6 Å². The van der Waals surface area contributed by atoms with E-state index in [1.165, 1.54) is 17.1 Å². The molecule has 2 rings (SSSR count). The lowest BCUT2D eigenvalue weighted by Gasteiger charge is -2.10. The number of nitrogens with zero attached hydrogens (tertiary/aromatic N) is 2. The lowest BCUT2D eigenvalue weighted by atomic mass is 10.2. The number of imidazole rings is 1. The van der Waals surface area contributed by atoms with Gasteiger partial charge in [-0.05, 0) is 18.2 Å². The van der Waals surface area contributed by atoms with Gasteiger partial charge in [0.15, 0.2) is 0 Å². The second-order valence-corrected chi connectivity index (χ2v) is 3.64. The minimum absolute atomic E-state index is 0.133. The average Bonchev–Trinajstić information content (AvgIpc) is 2.76. The first-order valence-corrected chi connectivity index (χ1v) is 5.02. The first kappa shape index (κ1) is 12.6. The largest absolute Gasteiger partial charge is 0.416 e. The van der Waals surface area contributed by atoms with Crippen molar-refractivity contribution in [1.82, 2.24) is 9.55 Å². The maximum Gasteiger partial charge on any atom is 0.416 e. The topological polar surface area (TPSA) is 43.8 Å². The second-order valence-electron chi connectivity index (χ2n) is 3.64. The standard InChI is InChI=1S/C11H9F4N3/c12-9-2-1-7(11(13,14)15)3-10(9)18-5-8(4-16)17-6-18/h1-3,5-6H,4,16H2. The highest BCUT2D eigenvalue weighted by Crippen LogP contribution is 2.31. The summed E-state index contributed by atoms with van der Waals surface area (Å²) in [6.07, 6.45) is -1.90. The summed E-state index contributed by atoms with van der Waals surface area (Å²) >= 11 is 0. The van der Waals surface area contributed by atoms with E-state index in [1.54, 1.807) is 0 Å². The number of rotatable bonds is 2. The predicted octanol–water partition coefficient (Wildman–Crippen LogP) is 2.49. The van der Waals surface area contributed by atoms with E-state index in [0.717, 1.165) is 12.1 Å². The number of alkyl halides is 3. The number of halogens is 4. The van der Waals surface area contributed by atoms with E-state index < -0.39 is 17.6 Å². The Morgan fingerprint density at radius 2 is 2.00 bits per heavy atom. The van der Waals surface area contributed by atoms with Gasteiger partial charge in [-0.3, -0.25) is 0 Å². The summed E-state index contributed by atoms with van der Waals surface area (Å²) < 4.78 is 52.2. The molecule has 96 valence electrons. The van der Waals surface area contributed by atoms with Crippen LogP contribution in [0, 0.1) is 5.82 Å². The van der Waals surface area contributed by atoms with Crippen molar-refractivity contribution in [3.05, 3.63) is 47.8 Å². The lowest BCUT2D eigenvalue weighted by Crippen LogP contribution is -2.07. The molecule has 0 saturated heterocycles. The van der Waals surface area contributed by atoms with E-state index in [-0.39, 0.29) is 12.2 Å². The van der Waals surface area contributed by atoms with Crippen LogP contribution in [-0.4, -0.2) is 9.55 Å². The highest BCUT2D eigenvalue weighted by atomic mass is 19.4.